The van der Waals surface area contributed by atoms with E-state index in [0.29, 0.717) is 42.9 Å². The molecule has 1 aromatic rings. The normalized spacial score (nSPS) is 40.5. The highest BCUT2D eigenvalue weighted by atomic mass is 16.7. The van der Waals surface area contributed by atoms with Crippen LogP contribution in [0.1, 0.15) is 134 Å². The highest BCUT2D eigenvalue weighted by Gasteiger charge is 2.47. The van der Waals surface area contributed by atoms with Gasteiger partial charge in [0.25, 0.3) is 0 Å². The van der Waals surface area contributed by atoms with Gasteiger partial charge >= 0.3 is 0 Å². The van der Waals surface area contributed by atoms with Gasteiger partial charge in [-0.05, 0) is 132 Å². The number of rotatable bonds is 7. The summed E-state index contributed by atoms with van der Waals surface area (Å²) in [6, 6.07) is 12.5. The Morgan fingerprint density at radius 3 is 1.42 bits per heavy atom. The number of nitrogens with two attached hydrogens (primary N) is 12. The Labute approximate surface area is 505 Å². The van der Waals surface area contributed by atoms with Crippen molar-refractivity contribution in [3.8, 4) is 0 Å². The van der Waals surface area contributed by atoms with Gasteiger partial charge in [0.2, 0.25) is 0 Å². The van der Waals surface area contributed by atoms with Crippen LogP contribution in [-0.4, -0.2) is 221 Å². The molecule has 24 atom stereocenters. The number of ether oxygens (including phenoxy) is 5. The quantitative estimate of drug-likeness (QED) is 0.141. The van der Waals surface area contributed by atoms with Crippen LogP contribution in [0.2, 0.25) is 0 Å². The number of aliphatic hydroxyl groups is 3. The second-order valence-electron chi connectivity index (χ2n) is 25.1. The Bertz CT molecular complexity index is 1800. The van der Waals surface area contributed by atoms with E-state index >= 15 is 0 Å². The summed E-state index contributed by atoms with van der Waals surface area (Å²) in [5, 5.41) is 33.8. The van der Waals surface area contributed by atoms with Crippen LogP contribution in [0.5, 0.6) is 0 Å². The molecule has 24 heteroatoms. The maximum atomic E-state index is 9.32. The van der Waals surface area contributed by atoms with Crippen molar-refractivity contribution in [2.45, 2.75) is 262 Å². The molecular weight excluding hydrogens is 1070 g/mol. The Morgan fingerprint density at radius 2 is 1.02 bits per heavy atom. The van der Waals surface area contributed by atoms with Crippen molar-refractivity contribution in [3.05, 3.63) is 48.0 Å². The van der Waals surface area contributed by atoms with Gasteiger partial charge in [0.1, 0.15) is 18.3 Å². The summed E-state index contributed by atoms with van der Waals surface area (Å²) in [6.45, 7) is 2.26. The van der Waals surface area contributed by atoms with Gasteiger partial charge in [-0.25, -0.2) is 0 Å². The monoisotopic (exact) mass is 1200 g/mol. The maximum absolute atomic E-state index is 9.32. The summed E-state index contributed by atoms with van der Waals surface area (Å²) in [4.78, 5) is 4.76. The molecule has 0 amide bonds. The Kier molecular flexibility index (Phi) is 36.9. The van der Waals surface area contributed by atoms with E-state index in [-0.39, 0.29) is 42.4 Å². The number of methoxy groups -OCH3 is 1. The molecule has 3 saturated heterocycles. The molecule has 0 spiro atoms. The van der Waals surface area contributed by atoms with E-state index < -0.39 is 55.8 Å². The number of nitrogens with one attached hydrogen (secondary N) is 2. The van der Waals surface area contributed by atoms with Crippen molar-refractivity contribution in [1.82, 2.24) is 20.4 Å². The third-order valence-corrected chi connectivity index (χ3v) is 18.1. The number of benzene rings is 1. The van der Waals surface area contributed by atoms with E-state index in [4.69, 9.17) is 103 Å². The molecule has 10 rings (SSSR count). The molecule has 3 aliphatic heterocycles. The predicted molar refractivity (Wildman–Crippen MR) is 337 cm³/mol. The summed E-state index contributed by atoms with van der Waals surface area (Å²) in [7, 11) is 14.5. The predicted octanol–water partition coefficient (Wildman–Crippen LogP) is -1.29. The topological polar surface area (TPSA) is 450 Å². The summed E-state index contributed by atoms with van der Waals surface area (Å²) in [5.74, 6) is 0.791. The van der Waals surface area contributed by atoms with Crippen LogP contribution in [-0.2, 0) is 23.7 Å². The molecule has 0 aromatic heterocycles. The lowest BCUT2D eigenvalue weighted by Crippen LogP contribution is -2.67. The number of fused-ring (bicyclic) bond motifs is 1. The van der Waals surface area contributed by atoms with Crippen LogP contribution in [0.4, 0.5) is 0 Å². The van der Waals surface area contributed by atoms with Crippen LogP contribution in [0, 0.1) is 5.92 Å². The molecule has 24 nitrogen and oxygen atoms in total. The minimum atomic E-state index is -1.22. The Balaban J connectivity index is 0.000000259. The van der Waals surface area contributed by atoms with Crippen LogP contribution < -0.4 is 79.4 Å². The Hall–Kier alpha value is -2.00. The molecule has 84 heavy (non-hydrogen) atoms. The van der Waals surface area contributed by atoms with Gasteiger partial charge in [-0.1, -0.05) is 81.5 Å². The maximum Gasteiger partial charge on any atom is 0.184 e. The minimum Gasteiger partial charge on any atom is -0.394 e. The summed E-state index contributed by atoms with van der Waals surface area (Å²) in [5.41, 5.74) is 68.6. The molecule has 5 saturated carbocycles. The highest BCUT2D eigenvalue weighted by Crippen LogP contribution is 2.33. The van der Waals surface area contributed by atoms with Gasteiger partial charge in [0, 0.05) is 85.2 Å². The number of hydrogen-bond acceptors (Lipinski definition) is 24. The van der Waals surface area contributed by atoms with Gasteiger partial charge in [0.15, 0.2) is 18.9 Å². The van der Waals surface area contributed by atoms with Crippen molar-refractivity contribution in [2.24, 2.45) is 74.7 Å². The standard InChI is InChI=1S/C14H20N2O4.C10H22N2.C8H18N2.C7H16N2.C6H14N2O4.C6H12N2.C5H12N2.C4H10N2/c1-17-14-11(16)10(15)12-9(19-14)7-18-13(20-12)8-5-3-2-4-6-8;1-11(2)9-7-5-6-8-10(9)12(3)4;1-9-7-5-3-4-6-8(7)10-2;1-5-2-3-6(8)7(9)4-5;7-3-4(8)6(11)12-2(1-9)5(3)10;7-5-3-1-2-4-6(5)8;6-4-2-1-3-5(4)7;5-3-1-2-4(3)6/h2-6,9-14H,7,15-16H2,1H3;9-10H,5-8H2,1-4H3;7-10H,3-6H2,1-2H3;5-7H,2-4,8-9H2,1H3;2-6,9-11H,1,7-8H2;1-2,5-6H,3-4,7-8H2;4-5H,1-3,6-7H2;3-4H,1-2,5-6H2/t9-,10-,11-,12-,13?,14-;;;;2-,3-,4-,5-,6?;;;/m1...1.../s1. The van der Waals surface area contributed by atoms with E-state index in [9.17, 15) is 5.11 Å². The Morgan fingerprint density at radius 1 is 0.548 bits per heavy atom. The second-order valence-corrected chi connectivity index (χ2v) is 25.1. The van der Waals surface area contributed by atoms with Crippen LogP contribution in [0.15, 0.2) is 42.5 Å². The van der Waals surface area contributed by atoms with Crippen molar-refractivity contribution in [3.63, 3.8) is 0 Å². The molecule has 15 unspecified atom stereocenters. The van der Waals surface area contributed by atoms with Crippen molar-refractivity contribution in [2.75, 3.05) is 62.6 Å². The van der Waals surface area contributed by atoms with Crippen molar-refractivity contribution >= 4 is 0 Å². The smallest absolute Gasteiger partial charge is 0.184 e. The zero-order valence-corrected chi connectivity index (χ0v) is 52.7. The summed E-state index contributed by atoms with van der Waals surface area (Å²) in [6.07, 6.45) is 21.7. The first kappa shape index (κ1) is 76.2. The first-order chi connectivity index (χ1) is 39.9. The lowest BCUT2D eigenvalue weighted by atomic mass is 9.84. The van der Waals surface area contributed by atoms with Crippen molar-refractivity contribution in [1.29, 1.82) is 0 Å². The number of nitrogens with zero attached hydrogens (tertiary/aromatic N) is 2. The number of likely N-dealkylation sites (N-methyl/N-ethyl adjacent to an activating group) is 4. The fourth-order valence-electron chi connectivity index (χ4n) is 11.8. The average Bonchev–Trinajstić information content (AvgIpc) is 3.57. The minimum absolute atomic E-state index is 0.194. The number of aliphatic hydroxyl groups excluding tert-OH is 3. The van der Waals surface area contributed by atoms with Crippen LogP contribution >= 0.6 is 0 Å². The van der Waals surface area contributed by atoms with Crippen LogP contribution in [0.3, 0.4) is 0 Å². The van der Waals surface area contributed by atoms with Gasteiger partial charge in [-0.2, -0.15) is 0 Å². The van der Waals surface area contributed by atoms with E-state index in [0.717, 1.165) is 74.9 Å². The van der Waals surface area contributed by atoms with Gasteiger partial charge < -0.3 is 128 Å². The molecule has 1 aromatic carbocycles. The van der Waals surface area contributed by atoms with Crippen molar-refractivity contribution < 1.29 is 39.0 Å². The van der Waals surface area contributed by atoms with E-state index in [1.54, 1.807) is 7.11 Å². The molecule has 492 valence electrons. The highest BCUT2D eigenvalue weighted by molar-refractivity contribution is 5.17. The fourth-order valence-corrected chi connectivity index (χ4v) is 11.8. The second kappa shape index (κ2) is 40.6. The zero-order chi connectivity index (χ0) is 62.6. The fraction of sp³-hybridized carbons (Fsp3) is 0.867. The first-order valence-electron chi connectivity index (χ1n) is 31.4. The van der Waals surface area contributed by atoms with Gasteiger partial charge in [-0.15, -0.1) is 0 Å². The molecule has 6 aliphatic carbocycles. The summed E-state index contributed by atoms with van der Waals surface area (Å²) >= 11 is 0. The van der Waals surface area contributed by atoms with Gasteiger partial charge in [-0.3, -0.25) is 0 Å². The summed E-state index contributed by atoms with van der Waals surface area (Å²) < 4.78 is 27.4. The third-order valence-electron chi connectivity index (χ3n) is 18.1. The molecule has 9 aliphatic rings. The molecule has 3 heterocycles. The lowest BCUT2D eigenvalue weighted by molar-refractivity contribution is -0.321. The molecule has 0 radical (unpaired) electrons. The third kappa shape index (κ3) is 25.5. The van der Waals surface area contributed by atoms with Crippen LogP contribution in [0.25, 0.3) is 0 Å². The first-order valence-corrected chi connectivity index (χ1v) is 31.4. The van der Waals surface area contributed by atoms with E-state index in [1.807, 2.05) is 30.3 Å². The number of hydrogen-bond donors (Lipinski definition) is 17. The zero-order valence-electron chi connectivity index (χ0n) is 52.7. The molecule has 8 fully saturated rings. The molecule has 0 bridgehead atoms. The largest absolute Gasteiger partial charge is 0.394 e. The van der Waals surface area contributed by atoms with E-state index in [1.165, 1.54) is 64.2 Å². The molecular formula is C60H124N16O8. The lowest BCUT2D eigenvalue weighted by Gasteiger charge is -2.47. The SMILES string of the molecule is CC1CCC(N)C(N)C1.CN(C)C1CCCCC1N(C)C.CNC1CCCCC1NC.CO[C@@H]1O[C@@H]2COC(c3ccccc3)O[C@H]2[C@H](N)[C@H]1N.NC1CC=CCC1N.NC1CCC1N.NC1CCCC1N.N[C@H]1[C@H](O)[C@@H](CO)OC(O)[C@@H]1N. The molecule has 29 N–H and O–H groups in total. The van der Waals surface area contributed by atoms with E-state index in [2.05, 4.69) is 81.8 Å². The average molecular weight is 1200 g/mol. The van der Waals surface area contributed by atoms with Gasteiger partial charge in [0.05, 0.1) is 43.5 Å².